The van der Waals surface area contributed by atoms with Gasteiger partial charge in [0.05, 0.1) is 0 Å². The first-order valence-electron chi connectivity index (χ1n) is 6.46. The highest BCUT2D eigenvalue weighted by molar-refractivity contribution is 5.75. The van der Waals surface area contributed by atoms with Crippen molar-refractivity contribution in [1.82, 2.24) is 5.32 Å². The molecule has 0 aliphatic carbocycles. The lowest BCUT2D eigenvalue weighted by Gasteiger charge is -2.11. The van der Waals surface area contributed by atoms with Crippen LogP contribution < -0.4 is 5.32 Å². The standard InChI is InChI=1S/C13H27NO2/c1-4-5-6-7-8-9-12(2)10-13(15)14-11-16-3/h12H,4-11H2,1-3H3,(H,14,15). The van der Waals surface area contributed by atoms with Gasteiger partial charge in [-0.15, -0.1) is 0 Å². The van der Waals surface area contributed by atoms with Gasteiger partial charge in [0.15, 0.2) is 0 Å². The first kappa shape index (κ1) is 15.4. The van der Waals surface area contributed by atoms with Crippen LogP contribution in [-0.2, 0) is 9.53 Å². The van der Waals surface area contributed by atoms with Crippen molar-refractivity contribution in [2.75, 3.05) is 13.8 Å². The molecule has 0 heterocycles. The summed E-state index contributed by atoms with van der Waals surface area (Å²) in [4.78, 5) is 11.4. The molecule has 96 valence electrons. The zero-order valence-electron chi connectivity index (χ0n) is 11.1. The maximum absolute atomic E-state index is 11.4. The number of nitrogens with one attached hydrogen (secondary N) is 1. The zero-order valence-corrected chi connectivity index (χ0v) is 11.1. The quantitative estimate of drug-likeness (QED) is 0.462. The zero-order chi connectivity index (χ0) is 12.2. The van der Waals surface area contributed by atoms with Crippen LogP contribution in [0.2, 0.25) is 0 Å². The van der Waals surface area contributed by atoms with Gasteiger partial charge in [0.25, 0.3) is 0 Å². The van der Waals surface area contributed by atoms with E-state index in [1.54, 1.807) is 7.11 Å². The van der Waals surface area contributed by atoms with Crippen molar-refractivity contribution in [3.05, 3.63) is 0 Å². The fraction of sp³-hybridized carbons (Fsp3) is 0.923. The molecule has 0 aromatic rings. The van der Waals surface area contributed by atoms with Crippen molar-refractivity contribution in [1.29, 1.82) is 0 Å². The lowest BCUT2D eigenvalue weighted by atomic mass is 9.99. The second kappa shape index (κ2) is 10.9. The predicted molar refractivity (Wildman–Crippen MR) is 67.2 cm³/mol. The molecule has 0 aromatic heterocycles. The molecule has 0 spiro atoms. The van der Waals surface area contributed by atoms with Gasteiger partial charge in [-0.3, -0.25) is 4.79 Å². The van der Waals surface area contributed by atoms with Crippen LogP contribution in [0.5, 0.6) is 0 Å². The van der Waals surface area contributed by atoms with Crippen LogP contribution in [-0.4, -0.2) is 19.7 Å². The molecule has 1 N–H and O–H groups in total. The van der Waals surface area contributed by atoms with Crippen LogP contribution in [0.25, 0.3) is 0 Å². The Hall–Kier alpha value is -0.570. The SMILES string of the molecule is CCCCCCCC(C)CC(=O)NCOC. The van der Waals surface area contributed by atoms with E-state index in [2.05, 4.69) is 19.2 Å². The predicted octanol–water partition coefficient (Wildman–Crippen LogP) is 3.09. The van der Waals surface area contributed by atoms with Gasteiger partial charge in [-0.05, 0) is 5.92 Å². The van der Waals surface area contributed by atoms with E-state index in [1.165, 1.54) is 32.1 Å². The lowest BCUT2D eigenvalue weighted by Crippen LogP contribution is -2.26. The minimum Gasteiger partial charge on any atom is -0.364 e. The number of rotatable bonds is 10. The Labute approximate surface area is 99.9 Å². The van der Waals surface area contributed by atoms with Gasteiger partial charge in [0.2, 0.25) is 5.91 Å². The third kappa shape index (κ3) is 9.97. The van der Waals surface area contributed by atoms with Gasteiger partial charge in [-0.25, -0.2) is 0 Å². The van der Waals surface area contributed by atoms with E-state index in [4.69, 9.17) is 4.74 Å². The van der Waals surface area contributed by atoms with Gasteiger partial charge < -0.3 is 10.1 Å². The third-order valence-electron chi connectivity index (χ3n) is 2.75. The summed E-state index contributed by atoms with van der Waals surface area (Å²) in [5.41, 5.74) is 0. The molecule has 1 amide bonds. The van der Waals surface area contributed by atoms with Gasteiger partial charge in [-0.1, -0.05) is 52.4 Å². The number of unbranched alkanes of at least 4 members (excludes halogenated alkanes) is 4. The molecular formula is C13H27NO2. The number of amides is 1. The van der Waals surface area contributed by atoms with E-state index in [0.29, 0.717) is 19.1 Å². The topological polar surface area (TPSA) is 38.3 Å². The molecule has 0 saturated carbocycles. The summed E-state index contributed by atoms with van der Waals surface area (Å²) >= 11 is 0. The molecule has 16 heavy (non-hydrogen) atoms. The Morgan fingerprint density at radius 1 is 1.25 bits per heavy atom. The van der Waals surface area contributed by atoms with Gasteiger partial charge in [0, 0.05) is 13.5 Å². The molecule has 0 rings (SSSR count). The van der Waals surface area contributed by atoms with Crippen LogP contribution in [0.1, 0.15) is 58.8 Å². The highest BCUT2D eigenvalue weighted by Gasteiger charge is 2.07. The Morgan fingerprint density at radius 3 is 2.56 bits per heavy atom. The first-order chi connectivity index (χ1) is 7.70. The fourth-order valence-electron chi connectivity index (χ4n) is 1.74. The largest absolute Gasteiger partial charge is 0.364 e. The fourth-order valence-corrected chi connectivity index (χ4v) is 1.74. The Balaban J connectivity index is 3.35. The monoisotopic (exact) mass is 229 g/mol. The maximum atomic E-state index is 11.4. The van der Waals surface area contributed by atoms with Crippen molar-refractivity contribution in [3.63, 3.8) is 0 Å². The highest BCUT2D eigenvalue weighted by atomic mass is 16.5. The van der Waals surface area contributed by atoms with E-state index >= 15 is 0 Å². The second-order valence-electron chi connectivity index (χ2n) is 4.55. The van der Waals surface area contributed by atoms with Gasteiger partial charge in [0.1, 0.15) is 6.73 Å². The Kier molecular flexibility index (Phi) is 10.5. The minimum atomic E-state index is 0.0999. The maximum Gasteiger partial charge on any atom is 0.222 e. The van der Waals surface area contributed by atoms with Crippen molar-refractivity contribution in [3.8, 4) is 0 Å². The minimum absolute atomic E-state index is 0.0999. The van der Waals surface area contributed by atoms with Crippen LogP contribution in [0.3, 0.4) is 0 Å². The van der Waals surface area contributed by atoms with Crippen molar-refractivity contribution in [2.24, 2.45) is 5.92 Å². The number of carbonyl (C=O) groups excluding carboxylic acids is 1. The highest BCUT2D eigenvalue weighted by Crippen LogP contribution is 2.14. The summed E-state index contributed by atoms with van der Waals surface area (Å²) in [6, 6.07) is 0. The molecule has 0 aliphatic heterocycles. The molecule has 0 bridgehead atoms. The molecule has 3 heteroatoms. The van der Waals surface area contributed by atoms with Crippen LogP contribution >= 0.6 is 0 Å². The number of hydrogen-bond acceptors (Lipinski definition) is 2. The molecular weight excluding hydrogens is 202 g/mol. The molecule has 3 nitrogen and oxygen atoms in total. The van der Waals surface area contributed by atoms with Crippen LogP contribution in [0.4, 0.5) is 0 Å². The number of methoxy groups -OCH3 is 1. The number of ether oxygens (including phenoxy) is 1. The average Bonchev–Trinajstić information content (AvgIpc) is 2.26. The molecule has 0 aliphatic rings. The van der Waals surface area contributed by atoms with Gasteiger partial charge in [-0.2, -0.15) is 0 Å². The molecule has 0 fully saturated rings. The average molecular weight is 229 g/mol. The first-order valence-corrected chi connectivity index (χ1v) is 6.46. The normalized spacial score (nSPS) is 12.4. The van der Waals surface area contributed by atoms with Crippen molar-refractivity contribution >= 4 is 5.91 Å². The summed E-state index contributed by atoms with van der Waals surface area (Å²) in [7, 11) is 1.58. The van der Waals surface area contributed by atoms with E-state index in [9.17, 15) is 4.79 Å². The van der Waals surface area contributed by atoms with E-state index in [1.807, 2.05) is 0 Å². The molecule has 0 radical (unpaired) electrons. The third-order valence-corrected chi connectivity index (χ3v) is 2.75. The Bertz CT molecular complexity index is 171. The number of carbonyl (C=O) groups is 1. The van der Waals surface area contributed by atoms with Crippen molar-refractivity contribution < 1.29 is 9.53 Å². The smallest absolute Gasteiger partial charge is 0.222 e. The van der Waals surface area contributed by atoms with E-state index < -0.39 is 0 Å². The summed E-state index contributed by atoms with van der Waals surface area (Å²) in [6.07, 6.45) is 8.29. The summed E-state index contributed by atoms with van der Waals surface area (Å²) in [5, 5.41) is 2.71. The summed E-state index contributed by atoms with van der Waals surface area (Å²) in [6.45, 7) is 4.69. The Morgan fingerprint density at radius 2 is 1.94 bits per heavy atom. The van der Waals surface area contributed by atoms with Gasteiger partial charge >= 0.3 is 0 Å². The second-order valence-corrected chi connectivity index (χ2v) is 4.55. The number of hydrogen-bond donors (Lipinski definition) is 1. The molecule has 1 atom stereocenters. The van der Waals surface area contributed by atoms with Crippen molar-refractivity contribution in [2.45, 2.75) is 58.8 Å². The summed E-state index contributed by atoms with van der Waals surface area (Å²) < 4.78 is 4.79. The molecule has 1 unspecified atom stereocenters. The lowest BCUT2D eigenvalue weighted by molar-refractivity contribution is -0.123. The molecule has 0 aromatic carbocycles. The molecule has 0 saturated heterocycles. The van der Waals surface area contributed by atoms with Crippen LogP contribution in [0.15, 0.2) is 0 Å². The van der Waals surface area contributed by atoms with Crippen LogP contribution in [0, 0.1) is 5.92 Å². The summed E-state index contributed by atoms with van der Waals surface area (Å²) in [5.74, 6) is 0.585. The van der Waals surface area contributed by atoms with E-state index in [0.717, 1.165) is 6.42 Å². The van der Waals surface area contributed by atoms with E-state index in [-0.39, 0.29) is 5.91 Å².